The molecule has 5 atom stereocenters. The Morgan fingerprint density at radius 3 is 2.59 bits per heavy atom. The number of halogens is 2. The van der Waals surface area contributed by atoms with E-state index in [1.165, 1.54) is 17.0 Å². The van der Waals surface area contributed by atoms with Gasteiger partial charge in [-0.2, -0.15) is 4.98 Å². The van der Waals surface area contributed by atoms with Gasteiger partial charge in [0, 0.05) is 43.3 Å². The van der Waals surface area contributed by atoms with Crippen LogP contribution in [-0.4, -0.2) is 98.9 Å². The van der Waals surface area contributed by atoms with E-state index in [0.29, 0.717) is 54.1 Å². The van der Waals surface area contributed by atoms with Crippen molar-refractivity contribution in [2.45, 2.75) is 75.4 Å². The topological polar surface area (TPSA) is 168 Å². The van der Waals surface area contributed by atoms with Crippen molar-refractivity contribution >= 4 is 50.0 Å². The van der Waals surface area contributed by atoms with Crippen LogP contribution in [0.25, 0.3) is 10.8 Å². The number of aromatic nitrogens is 1. The summed E-state index contributed by atoms with van der Waals surface area (Å²) in [7, 11) is -0.544. The van der Waals surface area contributed by atoms with Gasteiger partial charge in [-0.3, -0.25) is 19.1 Å². The maximum atomic E-state index is 14.8. The lowest BCUT2D eigenvalue weighted by Crippen LogP contribution is -2.58. The number of likely N-dealkylation sites (tertiary alicyclic amines) is 1. The first-order valence-corrected chi connectivity index (χ1v) is 19.9. The fourth-order valence-electron chi connectivity index (χ4n) is 7.30. The molecule has 14 nitrogen and oxygen atoms in total. The number of methoxy groups -OCH3 is 1. The Kier molecular flexibility index (Phi) is 9.69. The third-order valence-corrected chi connectivity index (χ3v) is 12.6. The molecule has 2 aromatic carbocycles. The fraction of sp³-hybridized carbons (Fsp3) is 0.487. The number of pyridine rings is 1. The number of fused-ring (bicyclic) bond motifs is 3. The molecule has 1 saturated heterocycles. The molecule has 17 heteroatoms. The number of carbonyl (C=O) groups is 3. The van der Waals surface area contributed by atoms with Crippen molar-refractivity contribution < 1.29 is 47.2 Å². The molecule has 56 heavy (non-hydrogen) atoms. The predicted molar refractivity (Wildman–Crippen MR) is 204 cm³/mol. The molecule has 7 rings (SSSR count). The quantitative estimate of drug-likeness (QED) is 0.228. The van der Waals surface area contributed by atoms with Gasteiger partial charge in [0.1, 0.15) is 36.1 Å². The van der Waals surface area contributed by atoms with Gasteiger partial charge in [0.15, 0.2) is 23.2 Å². The number of benzene rings is 2. The van der Waals surface area contributed by atoms with E-state index in [1.807, 2.05) is 11.9 Å². The summed E-state index contributed by atoms with van der Waals surface area (Å²) in [6, 6.07) is 5.92. The van der Waals surface area contributed by atoms with Gasteiger partial charge in [-0.1, -0.05) is 26.8 Å². The third-order valence-electron chi connectivity index (χ3n) is 10.8. The fourth-order valence-corrected chi connectivity index (χ4v) is 8.66. The Bertz CT molecular complexity index is 2240. The van der Waals surface area contributed by atoms with Gasteiger partial charge in [0.05, 0.1) is 25.4 Å². The van der Waals surface area contributed by atoms with E-state index in [1.54, 1.807) is 39.2 Å². The van der Waals surface area contributed by atoms with E-state index < -0.39 is 79.7 Å². The van der Waals surface area contributed by atoms with Crippen LogP contribution in [0.1, 0.15) is 47.8 Å². The number of hydrogen-bond acceptors (Lipinski definition) is 11. The van der Waals surface area contributed by atoms with Crippen LogP contribution in [0.3, 0.4) is 0 Å². The molecule has 2 saturated carbocycles. The summed E-state index contributed by atoms with van der Waals surface area (Å²) in [4.78, 5) is 50.9. The van der Waals surface area contributed by atoms with Crippen LogP contribution in [0.15, 0.2) is 49.1 Å². The Morgan fingerprint density at radius 1 is 1.16 bits per heavy atom. The lowest BCUT2D eigenvalue weighted by Gasteiger charge is -2.36. The number of nitrogens with zero attached hydrogens (tertiary/aromatic N) is 3. The summed E-state index contributed by atoms with van der Waals surface area (Å²) >= 11 is 0. The number of likely N-dealkylation sites (N-methyl/N-ethyl adjacent to an activating group) is 1. The molecule has 300 valence electrons. The maximum Gasteiger partial charge on any atom is 0.259 e. The molecule has 3 aromatic rings. The van der Waals surface area contributed by atoms with E-state index >= 15 is 0 Å². The normalized spacial score (nSPS) is 24.0. The van der Waals surface area contributed by atoms with Crippen LogP contribution in [0.5, 0.6) is 17.4 Å². The summed E-state index contributed by atoms with van der Waals surface area (Å²) in [6.45, 7) is 7.65. The number of rotatable bonds is 12. The molecule has 3 N–H and O–H groups in total. The van der Waals surface area contributed by atoms with Gasteiger partial charge in [-0.15, -0.1) is 6.58 Å². The highest BCUT2D eigenvalue weighted by Crippen LogP contribution is 2.46. The van der Waals surface area contributed by atoms with Gasteiger partial charge in [-0.25, -0.2) is 17.2 Å². The summed E-state index contributed by atoms with van der Waals surface area (Å²) in [5.41, 5.74) is -2.66. The zero-order valence-corrected chi connectivity index (χ0v) is 32.4. The van der Waals surface area contributed by atoms with Crippen LogP contribution < -0.4 is 34.5 Å². The lowest BCUT2D eigenvalue weighted by molar-refractivity contribution is -0.141. The first-order valence-electron chi connectivity index (χ1n) is 19.1. The molecule has 3 heterocycles. The highest BCUT2D eigenvalue weighted by molar-refractivity contribution is 7.91. The molecule has 3 amide bonds. The minimum Gasteiger partial charge on any atom is -0.497 e. The van der Waals surface area contributed by atoms with Crippen LogP contribution >= 0.6 is 0 Å². The Labute approximate surface area is 325 Å². The number of hydrogen-bond donors (Lipinski definition) is 3. The third kappa shape index (κ3) is 7.40. The summed E-state index contributed by atoms with van der Waals surface area (Å²) in [5.74, 6) is -3.24. The van der Waals surface area contributed by atoms with E-state index in [2.05, 4.69) is 21.9 Å². The minimum absolute atomic E-state index is 0.0731. The molecule has 0 unspecified atom stereocenters. The number of carbonyl (C=O) groups excluding carboxylic acids is 3. The molecule has 2 aliphatic heterocycles. The predicted octanol–water partition coefficient (Wildman–Crippen LogP) is 3.89. The highest BCUT2D eigenvalue weighted by atomic mass is 32.2. The lowest BCUT2D eigenvalue weighted by atomic mass is 9.85. The van der Waals surface area contributed by atoms with Crippen LogP contribution in [-0.2, 0) is 24.4 Å². The van der Waals surface area contributed by atoms with Crippen molar-refractivity contribution in [2.75, 3.05) is 44.1 Å². The van der Waals surface area contributed by atoms with Gasteiger partial charge in [-0.05, 0) is 55.0 Å². The zero-order chi connectivity index (χ0) is 41.0. The van der Waals surface area contributed by atoms with Crippen molar-refractivity contribution in [3.63, 3.8) is 0 Å². The van der Waals surface area contributed by atoms with Gasteiger partial charge in [0.25, 0.3) is 5.91 Å². The second-order valence-corrected chi connectivity index (χ2v) is 17.6. The molecular weight excluding hydrogens is 751 g/mol. The van der Waals surface area contributed by atoms with Crippen molar-refractivity contribution in [1.82, 2.24) is 19.9 Å². The maximum absolute atomic E-state index is 14.8. The number of anilines is 2. The van der Waals surface area contributed by atoms with E-state index in [9.17, 15) is 31.6 Å². The highest BCUT2D eigenvalue weighted by Gasteiger charge is 2.62. The molecule has 1 aromatic heterocycles. The number of sulfonamides is 1. The van der Waals surface area contributed by atoms with Crippen molar-refractivity contribution in [3.8, 4) is 17.4 Å². The van der Waals surface area contributed by atoms with E-state index in [-0.39, 0.29) is 37.9 Å². The van der Waals surface area contributed by atoms with Crippen LogP contribution in [0.4, 0.5) is 20.3 Å². The van der Waals surface area contributed by atoms with Gasteiger partial charge >= 0.3 is 0 Å². The van der Waals surface area contributed by atoms with E-state index in [4.69, 9.17) is 20.6 Å². The molecule has 0 radical (unpaired) electrons. The first kappa shape index (κ1) is 37.7. The Morgan fingerprint density at radius 2 is 1.93 bits per heavy atom. The van der Waals surface area contributed by atoms with Crippen LogP contribution in [0, 0.1) is 23.0 Å². The molecule has 3 fully saturated rings. The SMILES string of the molecule is [2H]CC(C)(C)[C@H](Nc1ccc(F)c(F)c1)C(=O)N1C[C@H](Oc2nc3c(c4cc(OC)ccc24)OCCN3C)C[C@H]1C(=O)N[C@]1(C(=O)NS(=O)(=O)C2CC2)C[C@H]1C=C. The van der Waals surface area contributed by atoms with Crippen LogP contribution in [0.2, 0.25) is 0 Å². The van der Waals surface area contributed by atoms with Crippen molar-refractivity contribution in [3.05, 3.63) is 60.7 Å². The Balaban J connectivity index is 1.24. The second kappa shape index (κ2) is 14.4. The smallest absolute Gasteiger partial charge is 0.259 e. The molecule has 0 spiro atoms. The Hall–Kier alpha value is -5.19. The van der Waals surface area contributed by atoms with E-state index in [0.717, 1.165) is 12.1 Å². The number of nitrogens with one attached hydrogen (secondary N) is 3. The molecule has 2 aliphatic carbocycles. The van der Waals surface area contributed by atoms with Gasteiger partial charge < -0.3 is 34.6 Å². The van der Waals surface area contributed by atoms with Crippen molar-refractivity contribution in [1.29, 1.82) is 0 Å². The number of ether oxygens (including phenoxy) is 3. The summed E-state index contributed by atoms with van der Waals surface area (Å²) in [5, 5.41) is 6.32. The summed E-state index contributed by atoms with van der Waals surface area (Å²) < 4.78 is 82.3. The molecule has 4 aliphatic rings. The largest absolute Gasteiger partial charge is 0.497 e. The molecule has 0 bridgehead atoms. The second-order valence-electron chi connectivity index (χ2n) is 15.6. The summed E-state index contributed by atoms with van der Waals surface area (Å²) in [6.07, 6.45) is 1.49. The zero-order valence-electron chi connectivity index (χ0n) is 32.6. The average molecular weight is 798 g/mol. The molecular formula is C39H46F2N6O8S. The first-order chi connectivity index (χ1) is 27.0. The number of amides is 3. The van der Waals surface area contributed by atoms with Crippen molar-refractivity contribution in [2.24, 2.45) is 11.3 Å². The monoisotopic (exact) mass is 797 g/mol. The average Bonchev–Trinajstić information content (AvgIpc) is 4.12. The van der Waals surface area contributed by atoms with Gasteiger partial charge in [0.2, 0.25) is 27.7 Å². The standard InChI is InChI=1S/C39H46F2N6O8S/c1-7-21-19-39(21,37(50)45-56(51,52)25-10-11-25)44-34(48)30-18-24(20-47(30)36(49)32(38(2,3)4)42-22-8-13-28(40)29(41)16-22)55-35-26-12-9-23(53-6)17-27(26)31-33(43-35)46(5)14-15-54-31/h7-9,12-13,16-17,21,24-25,30,32,42H,1,10-11,14-15,18-20H2,2-6H3,(H,44,48)(H,45,50)/t21-,24-,30+,32-,39-/m1/s1/i2D. The minimum atomic E-state index is -3.96.